The fraction of sp³-hybridized carbons (Fsp3) is 0.368. The molecular weight excluding hydrogens is 348 g/mol. The van der Waals surface area contributed by atoms with Crippen LogP contribution in [0.25, 0.3) is 0 Å². The highest BCUT2D eigenvalue weighted by Crippen LogP contribution is 2.34. The van der Waals surface area contributed by atoms with Crippen LogP contribution in [0.4, 0.5) is 5.69 Å². The van der Waals surface area contributed by atoms with Crippen LogP contribution in [0.15, 0.2) is 42.6 Å². The molecule has 3 heterocycles. The Hall–Kier alpha value is -2.38. The Balaban J connectivity index is 1.32. The Kier molecular flexibility index (Phi) is 5.17. The Morgan fingerprint density at radius 2 is 2.00 bits per heavy atom. The van der Waals surface area contributed by atoms with Crippen LogP contribution in [0, 0.1) is 0 Å². The van der Waals surface area contributed by atoms with E-state index in [1.807, 2.05) is 36.5 Å². The van der Waals surface area contributed by atoms with Crippen molar-refractivity contribution in [1.29, 1.82) is 0 Å². The second-order valence-corrected chi connectivity index (χ2v) is 6.82. The molecule has 0 atom stereocenters. The van der Waals surface area contributed by atoms with Crippen molar-refractivity contribution in [3.8, 4) is 11.5 Å². The first-order chi connectivity index (χ1) is 12.8. The Morgan fingerprint density at radius 1 is 1.08 bits per heavy atom. The van der Waals surface area contributed by atoms with Crippen molar-refractivity contribution in [2.24, 2.45) is 0 Å². The minimum absolute atomic E-state index is 0.279. The van der Waals surface area contributed by atoms with Crippen LogP contribution in [0.3, 0.4) is 0 Å². The summed E-state index contributed by atoms with van der Waals surface area (Å²) >= 11 is 5.62. The Labute approximate surface area is 158 Å². The van der Waals surface area contributed by atoms with Crippen LogP contribution in [0.1, 0.15) is 12.1 Å². The van der Waals surface area contributed by atoms with Crippen LogP contribution in [0.2, 0.25) is 0 Å². The number of ether oxygens (including phenoxy) is 2. The molecule has 0 unspecified atom stereocenters. The maximum absolute atomic E-state index is 5.62. The summed E-state index contributed by atoms with van der Waals surface area (Å²) in [4.78, 5) is 9.10. The second-order valence-electron chi connectivity index (χ2n) is 6.44. The predicted molar refractivity (Wildman–Crippen MR) is 104 cm³/mol. The number of anilines is 1. The van der Waals surface area contributed by atoms with Gasteiger partial charge in [0.05, 0.1) is 5.69 Å². The fourth-order valence-electron chi connectivity index (χ4n) is 3.23. The fourth-order valence-corrected chi connectivity index (χ4v) is 3.53. The van der Waals surface area contributed by atoms with Crippen molar-refractivity contribution in [3.05, 3.63) is 48.3 Å². The van der Waals surface area contributed by atoms with Crippen LogP contribution in [-0.4, -0.2) is 52.9 Å². The molecule has 2 aromatic rings. The molecule has 0 aliphatic carbocycles. The first kappa shape index (κ1) is 17.1. The highest BCUT2D eigenvalue weighted by molar-refractivity contribution is 7.80. The third-order valence-electron chi connectivity index (χ3n) is 4.61. The number of aromatic nitrogens is 1. The van der Waals surface area contributed by atoms with E-state index >= 15 is 0 Å². The lowest BCUT2D eigenvalue weighted by atomic mass is 10.3. The van der Waals surface area contributed by atoms with Gasteiger partial charge in [-0.15, -0.1) is 0 Å². The van der Waals surface area contributed by atoms with E-state index < -0.39 is 0 Å². The number of benzene rings is 1. The highest BCUT2D eigenvalue weighted by atomic mass is 32.1. The molecule has 0 bridgehead atoms. The SMILES string of the molecule is S=C(Nc1ccc2c(c1)OCO2)N1CCCN(Cc2ccccn2)CC1. The van der Waals surface area contributed by atoms with Gasteiger partial charge in [0.1, 0.15) is 0 Å². The van der Waals surface area contributed by atoms with Gasteiger partial charge in [-0.1, -0.05) is 6.07 Å². The third-order valence-corrected chi connectivity index (χ3v) is 4.97. The van der Waals surface area contributed by atoms with Crippen LogP contribution in [-0.2, 0) is 6.54 Å². The van der Waals surface area contributed by atoms with Gasteiger partial charge in [-0.2, -0.15) is 0 Å². The predicted octanol–water partition coefficient (Wildman–Crippen LogP) is 2.72. The van der Waals surface area contributed by atoms with Gasteiger partial charge < -0.3 is 19.7 Å². The topological polar surface area (TPSA) is 49.9 Å². The number of hydrogen-bond acceptors (Lipinski definition) is 5. The van der Waals surface area contributed by atoms with Gasteiger partial charge >= 0.3 is 0 Å². The normalized spacial score (nSPS) is 17.0. The van der Waals surface area contributed by atoms with Gasteiger partial charge in [0.15, 0.2) is 16.6 Å². The van der Waals surface area contributed by atoms with Gasteiger partial charge in [-0.25, -0.2) is 0 Å². The summed E-state index contributed by atoms with van der Waals surface area (Å²) in [5.41, 5.74) is 2.04. The summed E-state index contributed by atoms with van der Waals surface area (Å²) in [7, 11) is 0. The molecule has 4 rings (SSSR count). The number of thiocarbonyl (C=S) groups is 1. The van der Waals surface area contributed by atoms with E-state index in [4.69, 9.17) is 21.7 Å². The van der Waals surface area contributed by atoms with E-state index in [0.29, 0.717) is 0 Å². The molecule has 7 heteroatoms. The standard InChI is InChI=1S/C19H22N4O2S/c26-19(21-15-5-6-17-18(12-15)25-14-24-17)23-9-3-8-22(10-11-23)13-16-4-1-2-7-20-16/h1-2,4-7,12H,3,8-11,13-14H2,(H,21,26). The number of pyridine rings is 1. The van der Waals surface area contributed by atoms with Gasteiger partial charge in [0, 0.05) is 50.7 Å². The van der Waals surface area contributed by atoms with Crippen LogP contribution >= 0.6 is 12.2 Å². The van der Waals surface area contributed by atoms with Gasteiger partial charge in [-0.05, 0) is 42.9 Å². The number of nitrogens with zero attached hydrogens (tertiary/aromatic N) is 3. The molecule has 26 heavy (non-hydrogen) atoms. The van der Waals surface area contributed by atoms with Crippen molar-refractivity contribution in [1.82, 2.24) is 14.8 Å². The zero-order valence-corrected chi connectivity index (χ0v) is 15.4. The Bertz CT molecular complexity index is 771. The average molecular weight is 370 g/mol. The first-order valence-electron chi connectivity index (χ1n) is 8.86. The molecule has 0 amide bonds. The molecule has 0 saturated carbocycles. The lowest BCUT2D eigenvalue weighted by Gasteiger charge is -2.24. The molecule has 136 valence electrons. The largest absolute Gasteiger partial charge is 0.454 e. The van der Waals surface area contributed by atoms with Crippen molar-refractivity contribution in [3.63, 3.8) is 0 Å². The van der Waals surface area contributed by atoms with Crippen molar-refractivity contribution < 1.29 is 9.47 Å². The number of nitrogens with one attached hydrogen (secondary N) is 1. The smallest absolute Gasteiger partial charge is 0.231 e. The number of hydrogen-bond donors (Lipinski definition) is 1. The van der Waals surface area contributed by atoms with E-state index in [-0.39, 0.29) is 6.79 Å². The van der Waals surface area contributed by atoms with E-state index in [2.05, 4.69) is 26.2 Å². The summed E-state index contributed by atoms with van der Waals surface area (Å²) in [5.74, 6) is 1.54. The lowest BCUT2D eigenvalue weighted by molar-refractivity contribution is 0.174. The van der Waals surface area contributed by atoms with Crippen LogP contribution < -0.4 is 14.8 Å². The monoisotopic (exact) mass is 370 g/mol. The molecule has 1 aromatic carbocycles. The van der Waals surface area contributed by atoms with E-state index in [1.54, 1.807) is 0 Å². The molecule has 6 nitrogen and oxygen atoms in total. The molecular formula is C19H22N4O2S. The molecule has 2 aliphatic heterocycles. The maximum Gasteiger partial charge on any atom is 0.231 e. The molecule has 1 N–H and O–H groups in total. The molecule has 0 radical (unpaired) electrons. The van der Waals surface area contributed by atoms with Crippen molar-refractivity contribution in [2.75, 3.05) is 38.3 Å². The maximum atomic E-state index is 5.62. The molecule has 1 aromatic heterocycles. The number of rotatable bonds is 3. The summed E-state index contributed by atoms with van der Waals surface area (Å²) in [6, 6.07) is 11.9. The third kappa shape index (κ3) is 4.05. The Morgan fingerprint density at radius 3 is 2.88 bits per heavy atom. The van der Waals surface area contributed by atoms with Crippen molar-refractivity contribution >= 4 is 23.0 Å². The molecule has 0 spiro atoms. The van der Waals surface area contributed by atoms with Gasteiger partial charge in [-0.3, -0.25) is 9.88 Å². The number of fused-ring (bicyclic) bond motifs is 1. The molecule has 1 fully saturated rings. The summed E-state index contributed by atoms with van der Waals surface area (Å²) < 4.78 is 10.8. The first-order valence-corrected chi connectivity index (χ1v) is 9.26. The zero-order valence-electron chi connectivity index (χ0n) is 14.6. The lowest BCUT2D eigenvalue weighted by Crippen LogP contribution is -2.37. The van der Waals surface area contributed by atoms with E-state index in [1.165, 1.54) is 0 Å². The summed E-state index contributed by atoms with van der Waals surface area (Å²) in [6.45, 7) is 5.05. The molecule has 1 saturated heterocycles. The van der Waals surface area contributed by atoms with Crippen LogP contribution in [0.5, 0.6) is 11.5 Å². The minimum atomic E-state index is 0.279. The zero-order chi connectivity index (χ0) is 17.8. The summed E-state index contributed by atoms with van der Waals surface area (Å²) in [5, 5.41) is 4.08. The second kappa shape index (κ2) is 7.88. The van der Waals surface area contributed by atoms with E-state index in [9.17, 15) is 0 Å². The average Bonchev–Trinajstić information content (AvgIpc) is 3.00. The van der Waals surface area contributed by atoms with Crippen molar-refractivity contribution in [2.45, 2.75) is 13.0 Å². The van der Waals surface area contributed by atoms with Gasteiger partial charge in [0.2, 0.25) is 6.79 Å². The quantitative estimate of drug-likeness (QED) is 0.834. The minimum Gasteiger partial charge on any atom is -0.454 e. The summed E-state index contributed by atoms with van der Waals surface area (Å²) in [6.07, 6.45) is 2.93. The van der Waals surface area contributed by atoms with E-state index in [0.717, 1.165) is 67.1 Å². The van der Waals surface area contributed by atoms with Gasteiger partial charge in [0.25, 0.3) is 0 Å². The highest BCUT2D eigenvalue weighted by Gasteiger charge is 2.18. The molecule has 2 aliphatic rings.